The van der Waals surface area contributed by atoms with Crippen LogP contribution in [0.2, 0.25) is 0 Å². The minimum atomic E-state index is -3.61. The van der Waals surface area contributed by atoms with Crippen molar-refractivity contribution < 1.29 is 8.42 Å². The van der Waals surface area contributed by atoms with Gasteiger partial charge in [-0.25, -0.2) is 13.4 Å². The Labute approximate surface area is 125 Å². The fraction of sp³-hybridized carbons (Fsp3) is 0.357. The van der Waals surface area contributed by atoms with Crippen LogP contribution in [0.3, 0.4) is 0 Å². The van der Waals surface area contributed by atoms with Crippen molar-refractivity contribution in [1.29, 1.82) is 0 Å². The molecule has 7 heteroatoms. The summed E-state index contributed by atoms with van der Waals surface area (Å²) in [4.78, 5) is 4.40. The van der Waals surface area contributed by atoms with E-state index in [1.54, 1.807) is 43.1 Å². The highest BCUT2D eigenvalue weighted by atomic mass is 32.2. The van der Waals surface area contributed by atoms with Crippen molar-refractivity contribution in [2.24, 2.45) is 7.05 Å². The summed E-state index contributed by atoms with van der Waals surface area (Å²) in [5.41, 5.74) is 7.76. The number of nitrogens with two attached hydrogens (primary N) is 1. The molecule has 21 heavy (non-hydrogen) atoms. The summed E-state index contributed by atoms with van der Waals surface area (Å²) in [5.74, 6) is 0.680. The van der Waals surface area contributed by atoms with Crippen LogP contribution in [-0.4, -0.2) is 29.3 Å². The van der Waals surface area contributed by atoms with E-state index in [1.807, 2.05) is 14.0 Å². The van der Waals surface area contributed by atoms with Crippen molar-refractivity contribution in [2.75, 3.05) is 12.8 Å². The van der Waals surface area contributed by atoms with E-state index in [1.165, 1.54) is 4.31 Å². The highest BCUT2D eigenvalue weighted by molar-refractivity contribution is 7.89. The number of aryl methyl sites for hydroxylation is 2. The van der Waals surface area contributed by atoms with Gasteiger partial charge in [0.15, 0.2) is 0 Å². The van der Waals surface area contributed by atoms with Crippen molar-refractivity contribution in [2.45, 2.75) is 25.3 Å². The van der Waals surface area contributed by atoms with Gasteiger partial charge in [0.05, 0.1) is 11.4 Å². The number of nitrogens with zero attached hydrogens (tertiary/aromatic N) is 3. The molecule has 114 valence electrons. The Morgan fingerprint density at radius 2 is 2.00 bits per heavy atom. The smallest absolute Gasteiger partial charge is 0.243 e. The third kappa shape index (κ3) is 2.93. The molecule has 1 aromatic carbocycles. The second kappa shape index (κ2) is 5.50. The van der Waals surface area contributed by atoms with Gasteiger partial charge in [-0.15, -0.1) is 0 Å². The lowest BCUT2D eigenvalue weighted by Crippen LogP contribution is -2.28. The largest absolute Gasteiger partial charge is 0.398 e. The molecule has 0 aliphatic rings. The van der Waals surface area contributed by atoms with Crippen LogP contribution in [0.1, 0.15) is 17.0 Å². The topological polar surface area (TPSA) is 81.2 Å². The van der Waals surface area contributed by atoms with Gasteiger partial charge in [-0.05, 0) is 37.1 Å². The van der Waals surface area contributed by atoms with Crippen molar-refractivity contribution in [3.63, 3.8) is 0 Å². The molecule has 0 fully saturated rings. The van der Waals surface area contributed by atoms with E-state index >= 15 is 0 Å². The van der Waals surface area contributed by atoms with E-state index in [0.29, 0.717) is 17.1 Å². The molecule has 2 N–H and O–H groups in total. The Bertz CT molecular complexity index is 765. The highest BCUT2D eigenvalue weighted by Crippen LogP contribution is 2.25. The van der Waals surface area contributed by atoms with Crippen LogP contribution in [0, 0.1) is 13.8 Å². The van der Waals surface area contributed by atoms with Gasteiger partial charge in [0.25, 0.3) is 0 Å². The monoisotopic (exact) mass is 308 g/mol. The Kier molecular flexibility index (Phi) is 4.06. The number of rotatable bonds is 4. The number of benzene rings is 1. The Hall–Kier alpha value is -1.86. The van der Waals surface area contributed by atoms with Crippen molar-refractivity contribution in [3.8, 4) is 0 Å². The maximum Gasteiger partial charge on any atom is 0.243 e. The zero-order valence-corrected chi connectivity index (χ0v) is 13.5. The molecule has 0 bridgehead atoms. The van der Waals surface area contributed by atoms with Crippen LogP contribution >= 0.6 is 0 Å². The summed E-state index contributed by atoms with van der Waals surface area (Å²) < 4.78 is 28.5. The number of aromatic nitrogens is 2. The summed E-state index contributed by atoms with van der Waals surface area (Å²) in [6, 6.07) is 3.42. The highest BCUT2D eigenvalue weighted by Gasteiger charge is 2.25. The fourth-order valence-electron chi connectivity index (χ4n) is 2.12. The second-order valence-electron chi connectivity index (χ2n) is 5.19. The molecular formula is C14H20N4O2S. The van der Waals surface area contributed by atoms with Crippen molar-refractivity contribution >= 4 is 15.7 Å². The molecule has 0 saturated heterocycles. The first kappa shape index (κ1) is 15.5. The van der Waals surface area contributed by atoms with Crippen LogP contribution in [0.25, 0.3) is 0 Å². The molecule has 0 atom stereocenters. The van der Waals surface area contributed by atoms with Gasteiger partial charge in [0.1, 0.15) is 5.82 Å². The molecule has 1 heterocycles. The summed E-state index contributed by atoms with van der Waals surface area (Å²) in [5, 5.41) is 0. The van der Waals surface area contributed by atoms with Crippen LogP contribution in [0.15, 0.2) is 29.4 Å². The minimum absolute atomic E-state index is 0.207. The quantitative estimate of drug-likeness (QED) is 0.867. The normalized spacial score (nSPS) is 12.0. The third-order valence-electron chi connectivity index (χ3n) is 3.52. The van der Waals surface area contributed by atoms with Crippen LogP contribution in [0.5, 0.6) is 0 Å². The molecule has 0 aliphatic carbocycles. The number of imidazole rings is 1. The van der Waals surface area contributed by atoms with Crippen LogP contribution in [0.4, 0.5) is 5.69 Å². The molecule has 2 rings (SSSR count). The number of hydrogen-bond acceptors (Lipinski definition) is 4. The first-order valence-corrected chi connectivity index (χ1v) is 7.96. The van der Waals surface area contributed by atoms with Gasteiger partial charge in [0, 0.05) is 32.2 Å². The molecule has 0 amide bonds. The van der Waals surface area contributed by atoms with E-state index in [9.17, 15) is 8.42 Å². The minimum Gasteiger partial charge on any atom is -0.398 e. The molecule has 0 saturated carbocycles. The first-order valence-electron chi connectivity index (χ1n) is 6.52. The lowest BCUT2D eigenvalue weighted by atomic mass is 10.1. The number of hydrogen-bond donors (Lipinski definition) is 1. The van der Waals surface area contributed by atoms with Crippen LogP contribution in [-0.2, 0) is 23.6 Å². The van der Waals surface area contributed by atoms with Gasteiger partial charge in [-0.1, -0.05) is 0 Å². The molecule has 6 nitrogen and oxygen atoms in total. The predicted octanol–water partition coefficient (Wildman–Crippen LogP) is 1.44. The molecule has 0 unspecified atom stereocenters. The SMILES string of the molecule is Cc1cc(N)c(C)c(S(=O)(=O)N(C)Cc2nccn2C)c1. The van der Waals surface area contributed by atoms with Gasteiger partial charge in [-0.3, -0.25) is 0 Å². The van der Waals surface area contributed by atoms with Crippen LogP contribution < -0.4 is 5.73 Å². The molecule has 0 radical (unpaired) electrons. The lowest BCUT2D eigenvalue weighted by molar-refractivity contribution is 0.451. The summed E-state index contributed by atoms with van der Waals surface area (Å²) in [7, 11) is -0.232. The second-order valence-corrected chi connectivity index (χ2v) is 7.21. The maximum absolute atomic E-state index is 12.7. The lowest BCUT2D eigenvalue weighted by Gasteiger charge is -2.19. The first-order chi connectivity index (χ1) is 9.73. The number of anilines is 1. The average Bonchev–Trinajstić information content (AvgIpc) is 2.79. The number of sulfonamides is 1. The third-order valence-corrected chi connectivity index (χ3v) is 5.45. The van der Waals surface area contributed by atoms with E-state index in [-0.39, 0.29) is 11.4 Å². The van der Waals surface area contributed by atoms with E-state index in [4.69, 9.17) is 5.73 Å². The fourth-order valence-corrected chi connectivity index (χ4v) is 3.58. The Morgan fingerprint density at radius 1 is 1.33 bits per heavy atom. The molecule has 0 aliphatic heterocycles. The van der Waals surface area contributed by atoms with Gasteiger partial charge >= 0.3 is 0 Å². The Balaban J connectivity index is 2.40. The standard InChI is InChI=1S/C14H20N4O2S/c1-10-7-12(15)11(2)13(8-10)21(19,20)18(4)9-14-16-5-6-17(14)3/h5-8H,9,15H2,1-4H3. The summed E-state index contributed by atoms with van der Waals surface area (Å²) in [6.07, 6.45) is 3.43. The Morgan fingerprint density at radius 3 is 2.57 bits per heavy atom. The molecule has 0 spiro atoms. The summed E-state index contributed by atoms with van der Waals surface area (Å²) in [6.45, 7) is 3.75. The van der Waals surface area contributed by atoms with E-state index in [2.05, 4.69) is 4.98 Å². The number of nitrogen functional groups attached to an aromatic ring is 1. The predicted molar refractivity (Wildman–Crippen MR) is 82.2 cm³/mol. The van der Waals surface area contributed by atoms with E-state index in [0.717, 1.165) is 5.56 Å². The zero-order valence-electron chi connectivity index (χ0n) is 12.7. The molecular weight excluding hydrogens is 288 g/mol. The van der Waals surface area contributed by atoms with Gasteiger partial charge in [-0.2, -0.15) is 4.31 Å². The zero-order chi connectivity index (χ0) is 15.8. The van der Waals surface area contributed by atoms with Gasteiger partial charge in [0.2, 0.25) is 10.0 Å². The maximum atomic E-state index is 12.7. The average molecular weight is 308 g/mol. The van der Waals surface area contributed by atoms with Crippen molar-refractivity contribution in [3.05, 3.63) is 41.5 Å². The molecule has 1 aromatic heterocycles. The van der Waals surface area contributed by atoms with E-state index < -0.39 is 10.0 Å². The molecule has 2 aromatic rings. The van der Waals surface area contributed by atoms with Gasteiger partial charge < -0.3 is 10.3 Å². The summed E-state index contributed by atoms with van der Waals surface area (Å²) >= 11 is 0. The van der Waals surface area contributed by atoms with Crippen molar-refractivity contribution in [1.82, 2.24) is 13.9 Å².